The maximum Gasteiger partial charge on any atom is 0.191 e. The minimum atomic E-state index is 0. The van der Waals surface area contributed by atoms with Gasteiger partial charge < -0.3 is 10.6 Å². The molecular weight excluding hydrogens is 361 g/mol. The fourth-order valence-electron chi connectivity index (χ4n) is 2.27. The number of hydrogen-bond acceptors (Lipinski definition) is 1. The highest BCUT2D eigenvalue weighted by Gasteiger charge is 2.38. The number of nitrogens with one attached hydrogen (secondary N) is 2. The first kappa shape index (κ1) is 17.3. The summed E-state index contributed by atoms with van der Waals surface area (Å²) in [7, 11) is 1.84. The SMILES string of the molecule is CN=C(NCCC(C)C)NC1CC1c1ccccc1.I. The smallest absolute Gasteiger partial charge is 0.191 e. The number of halogens is 1. The number of nitrogens with zero attached hydrogens (tertiary/aromatic N) is 1. The monoisotopic (exact) mass is 387 g/mol. The van der Waals surface area contributed by atoms with E-state index >= 15 is 0 Å². The van der Waals surface area contributed by atoms with Crippen molar-refractivity contribution >= 4 is 29.9 Å². The molecule has 1 aromatic carbocycles. The topological polar surface area (TPSA) is 36.4 Å². The van der Waals surface area contributed by atoms with Crippen molar-refractivity contribution in [1.29, 1.82) is 0 Å². The summed E-state index contributed by atoms with van der Waals surface area (Å²) in [5, 5.41) is 6.88. The molecule has 0 aliphatic heterocycles. The Labute approximate surface area is 139 Å². The molecule has 0 aromatic heterocycles. The molecule has 2 atom stereocenters. The van der Waals surface area contributed by atoms with E-state index in [1.54, 1.807) is 0 Å². The highest BCUT2D eigenvalue weighted by atomic mass is 127. The molecule has 112 valence electrons. The van der Waals surface area contributed by atoms with Gasteiger partial charge in [-0.25, -0.2) is 0 Å². The molecule has 2 unspecified atom stereocenters. The molecule has 0 radical (unpaired) electrons. The summed E-state index contributed by atoms with van der Waals surface area (Å²) in [5.74, 6) is 2.30. The lowest BCUT2D eigenvalue weighted by atomic mass is 10.1. The van der Waals surface area contributed by atoms with Crippen LogP contribution in [0.25, 0.3) is 0 Å². The quantitative estimate of drug-likeness (QED) is 0.462. The molecule has 0 saturated heterocycles. The first-order valence-corrected chi connectivity index (χ1v) is 7.23. The van der Waals surface area contributed by atoms with Crippen LogP contribution in [-0.2, 0) is 0 Å². The van der Waals surface area contributed by atoms with Crippen molar-refractivity contribution in [3.63, 3.8) is 0 Å². The van der Waals surface area contributed by atoms with Crippen LogP contribution in [0, 0.1) is 5.92 Å². The summed E-state index contributed by atoms with van der Waals surface area (Å²) in [4.78, 5) is 4.29. The van der Waals surface area contributed by atoms with E-state index in [4.69, 9.17) is 0 Å². The zero-order chi connectivity index (χ0) is 13.7. The molecule has 3 nitrogen and oxygen atoms in total. The number of benzene rings is 1. The molecule has 2 N–H and O–H groups in total. The van der Waals surface area contributed by atoms with Gasteiger partial charge in [-0.15, -0.1) is 24.0 Å². The van der Waals surface area contributed by atoms with Crippen LogP contribution in [0.3, 0.4) is 0 Å². The van der Waals surface area contributed by atoms with E-state index < -0.39 is 0 Å². The van der Waals surface area contributed by atoms with Crippen LogP contribution < -0.4 is 10.6 Å². The lowest BCUT2D eigenvalue weighted by molar-refractivity contribution is 0.573. The van der Waals surface area contributed by atoms with Gasteiger partial charge in [0.1, 0.15) is 0 Å². The summed E-state index contributed by atoms with van der Waals surface area (Å²) in [5.41, 5.74) is 1.43. The molecule has 0 amide bonds. The Morgan fingerprint density at radius 1 is 1.30 bits per heavy atom. The van der Waals surface area contributed by atoms with Crippen molar-refractivity contribution in [2.24, 2.45) is 10.9 Å². The minimum absolute atomic E-state index is 0. The van der Waals surface area contributed by atoms with Crippen LogP contribution in [0.2, 0.25) is 0 Å². The molecule has 1 aromatic rings. The van der Waals surface area contributed by atoms with Crippen LogP contribution in [-0.4, -0.2) is 25.6 Å². The zero-order valence-corrected chi connectivity index (χ0v) is 14.9. The predicted octanol–water partition coefficient (Wildman–Crippen LogP) is 3.37. The Balaban J connectivity index is 0.00000200. The average molecular weight is 387 g/mol. The Hall–Kier alpha value is -0.780. The van der Waals surface area contributed by atoms with E-state index in [0.29, 0.717) is 12.0 Å². The maximum atomic E-state index is 4.29. The lowest BCUT2D eigenvalue weighted by Crippen LogP contribution is -2.39. The molecule has 0 bridgehead atoms. The Morgan fingerprint density at radius 3 is 2.60 bits per heavy atom. The second-order valence-electron chi connectivity index (χ2n) is 5.69. The van der Waals surface area contributed by atoms with Crippen LogP contribution in [0.1, 0.15) is 38.2 Å². The molecule has 0 spiro atoms. The Morgan fingerprint density at radius 2 is 2.00 bits per heavy atom. The highest BCUT2D eigenvalue weighted by molar-refractivity contribution is 14.0. The van der Waals surface area contributed by atoms with Gasteiger partial charge in [0.15, 0.2) is 5.96 Å². The molecule has 1 aliphatic rings. The maximum absolute atomic E-state index is 4.29. The summed E-state index contributed by atoms with van der Waals surface area (Å²) < 4.78 is 0. The summed E-state index contributed by atoms with van der Waals surface area (Å²) in [6.07, 6.45) is 2.38. The lowest BCUT2D eigenvalue weighted by Gasteiger charge is -2.12. The summed E-state index contributed by atoms with van der Waals surface area (Å²) in [6, 6.07) is 11.2. The van der Waals surface area contributed by atoms with Gasteiger partial charge in [-0.1, -0.05) is 44.2 Å². The second kappa shape index (κ2) is 8.49. The van der Waals surface area contributed by atoms with Crippen LogP contribution in [0.4, 0.5) is 0 Å². The number of rotatable bonds is 5. The van der Waals surface area contributed by atoms with E-state index in [1.165, 1.54) is 18.4 Å². The Bertz CT molecular complexity index is 417. The molecule has 20 heavy (non-hydrogen) atoms. The first-order valence-electron chi connectivity index (χ1n) is 7.23. The third-order valence-electron chi connectivity index (χ3n) is 3.58. The second-order valence-corrected chi connectivity index (χ2v) is 5.69. The van der Waals surface area contributed by atoms with Crippen LogP contribution >= 0.6 is 24.0 Å². The highest BCUT2D eigenvalue weighted by Crippen LogP contribution is 2.40. The summed E-state index contributed by atoms with van der Waals surface area (Å²) in [6.45, 7) is 5.47. The largest absolute Gasteiger partial charge is 0.356 e. The minimum Gasteiger partial charge on any atom is -0.356 e. The van der Waals surface area contributed by atoms with Crippen molar-refractivity contribution in [3.05, 3.63) is 35.9 Å². The van der Waals surface area contributed by atoms with Gasteiger partial charge in [-0.3, -0.25) is 4.99 Å². The molecule has 0 heterocycles. The van der Waals surface area contributed by atoms with E-state index in [1.807, 2.05) is 7.05 Å². The van der Waals surface area contributed by atoms with Crippen LogP contribution in [0.5, 0.6) is 0 Å². The third kappa shape index (κ3) is 5.31. The predicted molar refractivity (Wildman–Crippen MR) is 97.0 cm³/mol. The van der Waals surface area contributed by atoms with Crippen molar-refractivity contribution in [3.8, 4) is 0 Å². The van der Waals surface area contributed by atoms with Gasteiger partial charge in [-0.2, -0.15) is 0 Å². The van der Waals surface area contributed by atoms with Crippen molar-refractivity contribution < 1.29 is 0 Å². The molecule has 1 aliphatic carbocycles. The normalized spacial score (nSPS) is 21.3. The summed E-state index contributed by atoms with van der Waals surface area (Å²) >= 11 is 0. The van der Waals surface area contributed by atoms with Crippen molar-refractivity contribution in [1.82, 2.24) is 10.6 Å². The van der Waals surface area contributed by atoms with E-state index in [9.17, 15) is 0 Å². The van der Waals surface area contributed by atoms with Crippen molar-refractivity contribution in [2.75, 3.05) is 13.6 Å². The van der Waals surface area contributed by atoms with Gasteiger partial charge >= 0.3 is 0 Å². The van der Waals surface area contributed by atoms with Gasteiger partial charge in [0, 0.05) is 25.6 Å². The zero-order valence-electron chi connectivity index (χ0n) is 12.6. The number of hydrogen-bond donors (Lipinski definition) is 2. The third-order valence-corrected chi connectivity index (χ3v) is 3.58. The first-order chi connectivity index (χ1) is 9.20. The van der Waals surface area contributed by atoms with Gasteiger partial charge in [0.05, 0.1) is 0 Å². The van der Waals surface area contributed by atoms with Crippen LogP contribution in [0.15, 0.2) is 35.3 Å². The van der Waals surface area contributed by atoms with E-state index in [0.717, 1.165) is 18.4 Å². The molecule has 1 fully saturated rings. The molecule has 2 rings (SSSR count). The van der Waals surface area contributed by atoms with Gasteiger partial charge in [0.2, 0.25) is 0 Å². The average Bonchev–Trinajstić information content (AvgIpc) is 3.17. The van der Waals surface area contributed by atoms with E-state index in [2.05, 4.69) is 59.8 Å². The molecule has 4 heteroatoms. The van der Waals surface area contributed by atoms with Crippen molar-refractivity contribution in [2.45, 2.75) is 38.6 Å². The Kier molecular flexibility index (Phi) is 7.34. The number of aliphatic imine (C=N–C) groups is 1. The number of guanidine groups is 1. The van der Waals surface area contributed by atoms with Gasteiger partial charge in [-0.05, 0) is 24.3 Å². The van der Waals surface area contributed by atoms with Gasteiger partial charge in [0.25, 0.3) is 0 Å². The molecular formula is C16H26IN3. The fourth-order valence-corrected chi connectivity index (χ4v) is 2.27. The molecule has 1 saturated carbocycles. The van der Waals surface area contributed by atoms with E-state index in [-0.39, 0.29) is 24.0 Å². The fraction of sp³-hybridized carbons (Fsp3) is 0.562. The standard InChI is InChI=1S/C16H25N3.HI/c1-12(2)9-10-18-16(17-3)19-15-11-14(15)13-7-5-4-6-8-13;/h4-8,12,14-15H,9-11H2,1-3H3,(H2,17,18,19);1H.